The van der Waals surface area contributed by atoms with Crippen LogP contribution in [0.2, 0.25) is 0 Å². The second-order valence-corrected chi connectivity index (χ2v) is 6.51. The van der Waals surface area contributed by atoms with E-state index < -0.39 is 5.97 Å². The summed E-state index contributed by atoms with van der Waals surface area (Å²) in [6.07, 6.45) is 8.11. The molecule has 0 fully saturated rings. The first-order chi connectivity index (χ1) is 10.2. The Morgan fingerprint density at radius 2 is 2.00 bits per heavy atom. The largest absolute Gasteiger partial charge is 0.481 e. The number of aliphatic carboxylic acids is 1. The molecule has 0 spiro atoms. The first-order valence-corrected chi connectivity index (χ1v) is 7.96. The van der Waals surface area contributed by atoms with Crippen LogP contribution in [0.5, 0.6) is 0 Å². The second-order valence-electron chi connectivity index (χ2n) is 6.51. The van der Waals surface area contributed by atoms with E-state index in [4.69, 9.17) is 5.11 Å². The molecule has 0 saturated carbocycles. The van der Waals surface area contributed by atoms with E-state index in [1.807, 2.05) is 0 Å². The van der Waals surface area contributed by atoms with Gasteiger partial charge in [-0.25, -0.2) is 0 Å². The van der Waals surface area contributed by atoms with E-state index in [0.29, 0.717) is 18.3 Å². The molecule has 0 bridgehead atoms. The van der Waals surface area contributed by atoms with Gasteiger partial charge in [0.2, 0.25) is 0 Å². The number of carboxylic acid groups (broad SMARTS) is 1. The molecule has 3 aliphatic carbocycles. The lowest BCUT2D eigenvalue weighted by molar-refractivity contribution is -0.138. The van der Waals surface area contributed by atoms with Gasteiger partial charge in [0.25, 0.3) is 0 Å². The van der Waals surface area contributed by atoms with Crippen LogP contribution in [0.25, 0.3) is 5.57 Å². The molecule has 1 aromatic carbocycles. The summed E-state index contributed by atoms with van der Waals surface area (Å²) in [7, 11) is 0. The Morgan fingerprint density at radius 1 is 1.14 bits per heavy atom. The van der Waals surface area contributed by atoms with Crippen LogP contribution in [0, 0.1) is 11.8 Å². The highest BCUT2D eigenvalue weighted by molar-refractivity contribution is 5.78. The Morgan fingerprint density at radius 3 is 2.86 bits per heavy atom. The monoisotopic (exact) mass is 280 g/mol. The number of benzene rings is 1. The molecular weight excluding hydrogens is 260 g/mol. The number of hydrogen-bond acceptors (Lipinski definition) is 1. The number of fused-ring (bicyclic) bond motifs is 4. The highest BCUT2D eigenvalue weighted by Crippen LogP contribution is 2.51. The maximum absolute atomic E-state index is 11.0. The summed E-state index contributed by atoms with van der Waals surface area (Å²) in [6, 6.07) is 8.78. The third kappa shape index (κ3) is 2.05. The zero-order valence-electron chi connectivity index (χ0n) is 12.1. The fourth-order valence-electron chi connectivity index (χ4n) is 4.55. The summed E-state index contributed by atoms with van der Waals surface area (Å²) >= 11 is 0. The van der Waals surface area contributed by atoms with Crippen LogP contribution in [0.15, 0.2) is 41.5 Å². The molecule has 0 saturated heterocycles. The van der Waals surface area contributed by atoms with Crippen LogP contribution in [0.4, 0.5) is 0 Å². The van der Waals surface area contributed by atoms with Gasteiger partial charge in [0.15, 0.2) is 0 Å². The molecule has 1 N–H and O–H groups in total. The van der Waals surface area contributed by atoms with Gasteiger partial charge in [-0.05, 0) is 71.8 Å². The van der Waals surface area contributed by atoms with Crippen molar-refractivity contribution < 1.29 is 9.90 Å². The van der Waals surface area contributed by atoms with Crippen molar-refractivity contribution in [3.63, 3.8) is 0 Å². The van der Waals surface area contributed by atoms with Gasteiger partial charge < -0.3 is 5.11 Å². The molecule has 4 rings (SSSR count). The summed E-state index contributed by atoms with van der Waals surface area (Å²) in [5.74, 6) is 0.164. The molecule has 2 nitrogen and oxygen atoms in total. The SMILES string of the molecule is O=C(O)CC1CC=C2C3=C(CCC21)c1ccccc1CC3. The summed E-state index contributed by atoms with van der Waals surface area (Å²) in [4.78, 5) is 11.0. The first kappa shape index (κ1) is 12.9. The number of rotatable bonds is 2. The lowest BCUT2D eigenvalue weighted by atomic mass is 9.70. The molecule has 0 radical (unpaired) electrons. The molecule has 2 atom stereocenters. The minimum absolute atomic E-state index is 0.323. The standard InChI is InChI=1S/C19H20O2/c20-19(21)11-13-6-8-16-15(13)9-10-17-14-4-2-1-3-12(14)5-7-18(16)17/h1-4,8,13,15H,5-7,9-11H2,(H,20,21). The van der Waals surface area contributed by atoms with Crippen LogP contribution in [0.1, 0.15) is 43.2 Å². The predicted molar refractivity (Wildman–Crippen MR) is 82.8 cm³/mol. The van der Waals surface area contributed by atoms with Gasteiger partial charge in [-0.3, -0.25) is 4.79 Å². The lowest BCUT2D eigenvalue weighted by Crippen LogP contribution is -2.21. The van der Waals surface area contributed by atoms with Crippen molar-refractivity contribution in [3.8, 4) is 0 Å². The molecule has 0 heterocycles. The molecule has 21 heavy (non-hydrogen) atoms. The maximum atomic E-state index is 11.0. The van der Waals surface area contributed by atoms with E-state index in [0.717, 1.165) is 32.1 Å². The number of allylic oxidation sites excluding steroid dienone is 4. The third-order valence-corrected chi connectivity index (χ3v) is 5.45. The van der Waals surface area contributed by atoms with Crippen LogP contribution in [-0.2, 0) is 11.2 Å². The summed E-state index contributed by atoms with van der Waals surface area (Å²) in [5, 5.41) is 9.09. The molecule has 0 aromatic heterocycles. The van der Waals surface area contributed by atoms with Crippen LogP contribution in [-0.4, -0.2) is 11.1 Å². The molecule has 108 valence electrons. The number of carbonyl (C=O) groups is 1. The summed E-state index contributed by atoms with van der Waals surface area (Å²) in [5.41, 5.74) is 7.49. The molecule has 2 unspecified atom stereocenters. The minimum Gasteiger partial charge on any atom is -0.481 e. The maximum Gasteiger partial charge on any atom is 0.303 e. The van der Waals surface area contributed by atoms with Crippen molar-refractivity contribution in [3.05, 3.63) is 52.6 Å². The van der Waals surface area contributed by atoms with Crippen molar-refractivity contribution in [1.29, 1.82) is 0 Å². The minimum atomic E-state index is -0.650. The zero-order chi connectivity index (χ0) is 14.4. The van der Waals surface area contributed by atoms with E-state index >= 15 is 0 Å². The second kappa shape index (κ2) is 4.87. The van der Waals surface area contributed by atoms with Gasteiger partial charge in [-0.1, -0.05) is 30.3 Å². The summed E-state index contributed by atoms with van der Waals surface area (Å²) in [6.45, 7) is 0. The average molecular weight is 280 g/mol. The van der Waals surface area contributed by atoms with Crippen molar-refractivity contribution in [1.82, 2.24) is 0 Å². The Labute approximate surface area is 125 Å². The van der Waals surface area contributed by atoms with Crippen LogP contribution >= 0.6 is 0 Å². The number of hydrogen-bond donors (Lipinski definition) is 1. The van der Waals surface area contributed by atoms with Crippen molar-refractivity contribution >= 4 is 11.5 Å². The zero-order valence-corrected chi connectivity index (χ0v) is 12.1. The Balaban J connectivity index is 1.70. The van der Waals surface area contributed by atoms with E-state index in [2.05, 4.69) is 30.3 Å². The van der Waals surface area contributed by atoms with Crippen molar-refractivity contribution in [2.75, 3.05) is 0 Å². The third-order valence-electron chi connectivity index (χ3n) is 5.45. The topological polar surface area (TPSA) is 37.3 Å². The number of carboxylic acids is 1. The predicted octanol–water partition coefficient (Wildman–Crippen LogP) is 4.22. The molecule has 1 aromatic rings. The van der Waals surface area contributed by atoms with Crippen LogP contribution in [0.3, 0.4) is 0 Å². The lowest BCUT2D eigenvalue weighted by Gasteiger charge is -2.34. The van der Waals surface area contributed by atoms with E-state index in [-0.39, 0.29) is 0 Å². The summed E-state index contributed by atoms with van der Waals surface area (Å²) < 4.78 is 0. The van der Waals surface area contributed by atoms with Crippen molar-refractivity contribution in [2.24, 2.45) is 11.8 Å². The van der Waals surface area contributed by atoms with E-state index in [1.165, 1.54) is 27.8 Å². The first-order valence-electron chi connectivity index (χ1n) is 7.96. The molecule has 2 heteroatoms. The molecule has 0 aliphatic heterocycles. The number of aryl methyl sites for hydroxylation is 1. The molecule has 0 amide bonds. The van der Waals surface area contributed by atoms with E-state index in [1.54, 1.807) is 0 Å². The van der Waals surface area contributed by atoms with E-state index in [9.17, 15) is 4.79 Å². The van der Waals surface area contributed by atoms with Crippen molar-refractivity contribution in [2.45, 2.75) is 38.5 Å². The molecule has 3 aliphatic rings. The van der Waals surface area contributed by atoms with Gasteiger partial charge in [-0.2, -0.15) is 0 Å². The van der Waals surface area contributed by atoms with Gasteiger partial charge in [0.1, 0.15) is 0 Å². The van der Waals surface area contributed by atoms with Gasteiger partial charge in [0, 0.05) is 6.42 Å². The van der Waals surface area contributed by atoms with Crippen LogP contribution < -0.4 is 0 Å². The fourth-order valence-corrected chi connectivity index (χ4v) is 4.55. The molecular formula is C19H20O2. The smallest absolute Gasteiger partial charge is 0.303 e. The Bertz CT molecular complexity index is 666. The van der Waals surface area contributed by atoms with Gasteiger partial charge in [-0.15, -0.1) is 0 Å². The van der Waals surface area contributed by atoms with Gasteiger partial charge in [0.05, 0.1) is 0 Å². The Hall–Kier alpha value is -1.83. The highest BCUT2D eigenvalue weighted by atomic mass is 16.4. The average Bonchev–Trinajstić information content (AvgIpc) is 2.89. The fraction of sp³-hybridized carbons (Fsp3) is 0.421. The quantitative estimate of drug-likeness (QED) is 0.880. The normalized spacial score (nSPS) is 26.8. The van der Waals surface area contributed by atoms with Gasteiger partial charge >= 0.3 is 5.97 Å². The Kier molecular flexibility index (Phi) is 2.99. The highest BCUT2D eigenvalue weighted by Gasteiger charge is 2.37.